The molecule has 0 aliphatic heterocycles. The lowest BCUT2D eigenvalue weighted by atomic mass is 9.97. The molecule has 1 amide bonds. The van der Waals surface area contributed by atoms with Gasteiger partial charge in [0.05, 0.1) is 6.54 Å². The second kappa shape index (κ2) is 4.92. The van der Waals surface area contributed by atoms with Crippen molar-refractivity contribution in [2.45, 2.75) is 32.2 Å². The van der Waals surface area contributed by atoms with Crippen molar-refractivity contribution >= 4 is 23.2 Å². The summed E-state index contributed by atoms with van der Waals surface area (Å²) in [5, 5.41) is 13.8. The van der Waals surface area contributed by atoms with E-state index in [0.717, 1.165) is 0 Å². The van der Waals surface area contributed by atoms with Crippen LogP contribution in [0.5, 0.6) is 0 Å². The number of nitrogens with one attached hydrogen (secondary N) is 1. The van der Waals surface area contributed by atoms with Gasteiger partial charge in [-0.05, 0) is 37.5 Å². The SMILES string of the molecule is O=C(O)c1csc(CNC(=O)C(C2CC2)C2CC2)n1. The Kier molecular flexibility index (Phi) is 3.26. The standard InChI is InChI=1S/C13H16N2O3S/c16-12(11(7-1-2-7)8-3-4-8)14-5-10-15-9(6-19-10)13(17)18/h6-8,11H,1-5H2,(H,14,16)(H,17,18). The monoisotopic (exact) mass is 280 g/mol. The van der Waals surface area contributed by atoms with E-state index in [0.29, 0.717) is 23.4 Å². The Morgan fingerprint density at radius 3 is 2.47 bits per heavy atom. The summed E-state index contributed by atoms with van der Waals surface area (Å²) in [4.78, 5) is 26.8. The first-order valence-corrected chi connectivity index (χ1v) is 7.48. The maximum absolute atomic E-state index is 12.2. The van der Waals surface area contributed by atoms with Gasteiger partial charge in [0.1, 0.15) is 5.01 Å². The largest absolute Gasteiger partial charge is 0.476 e. The molecule has 0 aromatic carbocycles. The van der Waals surface area contributed by atoms with Crippen LogP contribution in [0.1, 0.15) is 41.2 Å². The molecule has 0 radical (unpaired) electrons. The van der Waals surface area contributed by atoms with E-state index in [9.17, 15) is 9.59 Å². The van der Waals surface area contributed by atoms with E-state index in [4.69, 9.17) is 5.11 Å². The predicted molar refractivity (Wildman–Crippen MR) is 69.9 cm³/mol. The summed E-state index contributed by atoms with van der Waals surface area (Å²) in [7, 11) is 0. The lowest BCUT2D eigenvalue weighted by Gasteiger charge is -2.14. The van der Waals surface area contributed by atoms with Gasteiger partial charge in [-0.1, -0.05) is 0 Å². The van der Waals surface area contributed by atoms with Crippen LogP contribution in [0.25, 0.3) is 0 Å². The molecule has 2 N–H and O–H groups in total. The summed E-state index contributed by atoms with van der Waals surface area (Å²) in [5.74, 6) is 0.440. The van der Waals surface area contributed by atoms with Gasteiger partial charge < -0.3 is 10.4 Å². The summed E-state index contributed by atoms with van der Waals surface area (Å²) in [6.07, 6.45) is 4.70. The number of carboxylic acids is 1. The van der Waals surface area contributed by atoms with Crippen LogP contribution in [-0.2, 0) is 11.3 Å². The number of nitrogens with zero attached hydrogens (tertiary/aromatic N) is 1. The average molecular weight is 280 g/mol. The van der Waals surface area contributed by atoms with Crippen molar-refractivity contribution < 1.29 is 14.7 Å². The fourth-order valence-electron chi connectivity index (χ4n) is 2.49. The quantitative estimate of drug-likeness (QED) is 0.834. The Bertz CT molecular complexity index is 494. The minimum atomic E-state index is -1.03. The molecule has 0 spiro atoms. The molecule has 0 saturated heterocycles. The molecule has 19 heavy (non-hydrogen) atoms. The summed E-state index contributed by atoms with van der Waals surface area (Å²) in [5.41, 5.74) is 0.0511. The molecule has 0 unspecified atom stereocenters. The summed E-state index contributed by atoms with van der Waals surface area (Å²) in [6.45, 7) is 0.340. The third kappa shape index (κ3) is 2.94. The predicted octanol–water partition coefficient (Wildman–Crippen LogP) is 1.89. The highest BCUT2D eigenvalue weighted by Crippen LogP contribution is 2.49. The van der Waals surface area contributed by atoms with E-state index in [2.05, 4.69) is 10.3 Å². The van der Waals surface area contributed by atoms with Gasteiger partial charge in [0.25, 0.3) is 0 Å². The molecule has 102 valence electrons. The van der Waals surface area contributed by atoms with E-state index in [1.54, 1.807) is 0 Å². The highest BCUT2D eigenvalue weighted by Gasteiger charge is 2.45. The zero-order valence-electron chi connectivity index (χ0n) is 10.5. The number of carboxylic acid groups (broad SMARTS) is 1. The highest BCUT2D eigenvalue weighted by atomic mass is 32.1. The van der Waals surface area contributed by atoms with Gasteiger partial charge in [-0.15, -0.1) is 11.3 Å². The zero-order valence-corrected chi connectivity index (χ0v) is 11.3. The fraction of sp³-hybridized carbons (Fsp3) is 0.615. The van der Waals surface area contributed by atoms with Gasteiger partial charge in [0.2, 0.25) is 5.91 Å². The lowest BCUT2D eigenvalue weighted by molar-refractivity contribution is -0.126. The van der Waals surface area contributed by atoms with Crippen molar-refractivity contribution in [2.75, 3.05) is 0 Å². The second-order valence-corrected chi connectivity index (χ2v) is 6.29. The van der Waals surface area contributed by atoms with Gasteiger partial charge in [0.15, 0.2) is 5.69 Å². The van der Waals surface area contributed by atoms with Gasteiger partial charge in [-0.2, -0.15) is 0 Å². The van der Waals surface area contributed by atoms with E-state index < -0.39 is 5.97 Å². The molecule has 5 nitrogen and oxygen atoms in total. The van der Waals surface area contributed by atoms with Gasteiger partial charge in [-0.25, -0.2) is 9.78 Å². The molecular formula is C13H16N2O3S. The van der Waals surface area contributed by atoms with Crippen LogP contribution in [-0.4, -0.2) is 22.0 Å². The minimum absolute atomic E-state index is 0.0511. The van der Waals surface area contributed by atoms with Crippen LogP contribution in [0.4, 0.5) is 0 Å². The van der Waals surface area contributed by atoms with Crippen molar-refractivity contribution in [3.05, 3.63) is 16.1 Å². The smallest absolute Gasteiger partial charge is 0.355 e. The second-order valence-electron chi connectivity index (χ2n) is 5.35. The summed E-state index contributed by atoms with van der Waals surface area (Å²) >= 11 is 1.27. The number of thiazole rings is 1. The first-order valence-electron chi connectivity index (χ1n) is 6.60. The Morgan fingerprint density at radius 2 is 2.00 bits per heavy atom. The molecule has 2 saturated carbocycles. The number of carbonyl (C=O) groups excluding carboxylic acids is 1. The van der Waals surface area contributed by atoms with E-state index in [-0.39, 0.29) is 17.5 Å². The van der Waals surface area contributed by atoms with Crippen molar-refractivity contribution in [1.29, 1.82) is 0 Å². The normalized spacial score (nSPS) is 18.6. The van der Waals surface area contributed by atoms with Crippen molar-refractivity contribution in [2.24, 2.45) is 17.8 Å². The molecule has 1 heterocycles. The van der Waals surface area contributed by atoms with E-state index in [1.807, 2.05) is 0 Å². The van der Waals surface area contributed by atoms with Crippen LogP contribution in [0.2, 0.25) is 0 Å². The first kappa shape index (κ1) is 12.6. The zero-order chi connectivity index (χ0) is 13.4. The fourth-order valence-corrected chi connectivity index (χ4v) is 3.20. The molecule has 1 aromatic heterocycles. The molecule has 2 aliphatic carbocycles. The number of amides is 1. The molecule has 6 heteroatoms. The van der Waals surface area contributed by atoms with Gasteiger partial charge in [-0.3, -0.25) is 4.79 Å². The first-order chi connectivity index (χ1) is 9.15. The van der Waals surface area contributed by atoms with Gasteiger partial charge >= 0.3 is 5.97 Å². The number of rotatable bonds is 6. The maximum atomic E-state index is 12.2. The maximum Gasteiger partial charge on any atom is 0.355 e. The minimum Gasteiger partial charge on any atom is -0.476 e. The lowest BCUT2D eigenvalue weighted by Crippen LogP contribution is -2.32. The van der Waals surface area contributed by atoms with E-state index >= 15 is 0 Å². The van der Waals surface area contributed by atoms with Crippen LogP contribution in [0, 0.1) is 17.8 Å². The Balaban J connectivity index is 1.55. The Morgan fingerprint density at radius 1 is 1.37 bits per heavy atom. The summed E-state index contributed by atoms with van der Waals surface area (Å²) < 4.78 is 0. The van der Waals surface area contributed by atoms with Crippen LogP contribution in [0.15, 0.2) is 5.38 Å². The third-order valence-corrected chi connectivity index (χ3v) is 4.60. The van der Waals surface area contributed by atoms with Crippen molar-refractivity contribution in [3.63, 3.8) is 0 Å². The number of aromatic carboxylic acids is 1. The molecule has 1 aromatic rings. The number of hydrogen-bond donors (Lipinski definition) is 2. The Labute approximate surface area is 115 Å². The number of hydrogen-bond acceptors (Lipinski definition) is 4. The Hall–Kier alpha value is -1.43. The number of aromatic nitrogens is 1. The van der Waals surface area contributed by atoms with Crippen molar-refractivity contribution in [3.8, 4) is 0 Å². The van der Waals surface area contributed by atoms with Crippen LogP contribution >= 0.6 is 11.3 Å². The van der Waals surface area contributed by atoms with Crippen LogP contribution in [0.3, 0.4) is 0 Å². The van der Waals surface area contributed by atoms with E-state index in [1.165, 1.54) is 42.4 Å². The highest BCUT2D eigenvalue weighted by molar-refractivity contribution is 7.09. The van der Waals surface area contributed by atoms with Crippen molar-refractivity contribution in [1.82, 2.24) is 10.3 Å². The van der Waals surface area contributed by atoms with Gasteiger partial charge in [0, 0.05) is 11.3 Å². The molecule has 2 fully saturated rings. The molecule has 0 bridgehead atoms. The third-order valence-electron chi connectivity index (χ3n) is 3.75. The summed E-state index contributed by atoms with van der Waals surface area (Å²) in [6, 6.07) is 0. The molecule has 0 atom stereocenters. The van der Waals surface area contributed by atoms with Crippen LogP contribution < -0.4 is 5.32 Å². The topological polar surface area (TPSA) is 79.3 Å². The molecule has 3 rings (SSSR count). The molecule has 2 aliphatic rings. The average Bonchev–Trinajstić information content (AvgIpc) is 3.29. The molecular weight excluding hydrogens is 264 g/mol. The number of carbonyl (C=O) groups is 2.